The first-order chi connectivity index (χ1) is 14.1. The number of nitrogens with zero attached hydrogens (tertiary/aromatic N) is 3. The Bertz CT molecular complexity index is 922. The Morgan fingerprint density at radius 1 is 1.24 bits per heavy atom. The molecule has 3 heterocycles. The van der Waals surface area contributed by atoms with Crippen molar-refractivity contribution < 1.29 is 14.7 Å². The molecule has 8 heteroatoms. The van der Waals surface area contributed by atoms with Crippen molar-refractivity contribution in [2.45, 2.75) is 51.0 Å². The van der Waals surface area contributed by atoms with Gasteiger partial charge in [0.15, 0.2) is 5.65 Å². The van der Waals surface area contributed by atoms with Crippen LogP contribution in [0.25, 0.3) is 5.65 Å². The predicted octanol–water partition coefficient (Wildman–Crippen LogP) is 2.54. The minimum absolute atomic E-state index is 0.0350. The highest BCUT2D eigenvalue weighted by atomic mass is 16.4. The van der Waals surface area contributed by atoms with E-state index >= 15 is 0 Å². The number of carbonyl (C=O) groups excluding carboxylic acids is 1. The molecule has 2 atom stereocenters. The number of carbonyl (C=O) groups is 2. The number of carboxylic acid groups (broad SMARTS) is 1. The number of piperidine rings is 1. The largest absolute Gasteiger partial charge is 0.465 e. The van der Waals surface area contributed by atoms with Crippen LogP contribution in [-0.2, 0) is 11.2 Å². The molecule has 2 aromatic heterocycles. The molecule has 1 unspecified atom stereocenters. The van der Waals surface area contributed by atoms with E-state index < -0.39 is 6.09 Å². The van der Waals surface area contributed by atoms with Crippen molar-refractivity contribution in [1.29, 1.82) is 0 Å². The molecular formula is C21H27N5O3. The molecule has 29 heavy (non-hydrogen) atoms. The van der Waals surface area contributed by atoms with Crippen LogP contribution in [-0.4, -0.2) is 38.2 Å². The first kappa shape index (κ1) is 18.4. The van der Waals surface area contributed by atoms with Crippen LogP contribution in [0.4, 0.5) is 4.79 Å². The lowest BCUT2D eigenvalue weighted by atomic mass is 9.88. The first-order valence-electron chi connectivity index (χ1n) is 10.7. The van der Waals surface area contributed by atoms with E-state index in [-0.39, 0.29) is 17.9 Å². The summed E-state index contributed by atoms with van der Waals surface area (Å²) in [5.41, 5.74) is 2.31. The Hall–Kier alpha value is -2.64. The topological polar surface area (TPSA) is 109 Å². The Morgan fingerprint density at radius 2 is 2.00 bits per heavy atom. The van der Waals surface area contributed by atoms with Crippen molar-refractivity contribution in [2.75, 3.05) is 6.54 Å². The van der Waals surface area contributed by atoms with Gasteiger partial charge in [0.05, 0.1) is 23.6 Å². The van der Waals surface area contributed by atoms with Crippen molar-refractivity contribution >= 4 is 17.6 Å². The van der Waals surface area contributed by atoms with Gasteiger partial charge in [0, 0.05) is 18.9 Å². The molecule has 1 aliphatic heterocycles. The first-order valence-corrected chi connectivity index (χ1v) is 10.7. The SMILES string of the molecule is O=C(O)N[C@H](c1cn2nc(CC3CCCNC3=O)ccc2n1)C(C1CC1)C1CC1. The number of rotatable bonds is 7. The van der Waals surface area contributed by atoms with Gasteiger partial charge in [0.25, 0.3) is 0 Å². The van der Waals surface area contributed by atoms with Gasteiger partial charge in [-0.3, -0.25) is 4.79 Å². The van der Waals surface area contributed by atoms with Crippen LogP contribution < -0.4 is 10.6 Å². The van der Waals surface area contributed by atoms with Crippen LogP contribution in [0.1, 0.15) is 56.0 Å². The summed E-state index contributed by atoms with van der Waals surface area (Å²) in [6.45, 7) is 0.758. The van der Waals surface area contributed by atoms with Gasteiger partial charge in [-0.2, -0.15) is 5.10 Å². The van der Waals surface area contributed by atoms with E-state index in [1.807, 2.05) is 18.3 Å². The second kappa shape index (κ2) is 7.31. The number of aromatic nitrogens is 3. The molecule has 3 aliphatic rings. The second-order valence-electron chi connectivity index (χ2n) is 8.81. The third-order valence-corrected chi connectivity index (χ3v) is 6.56. The van der Waals surface area contributed by atoms with Crippen LogP contribution in [0.15, 0.2) is 18.3 Å². The second-order valence-corrected chi connectivity index (χ2v) is 8.81. The highest BCUT2D eigenvalue weighted by Crippen LogP contribution is 2.53. The average molecular weight is 397 g/mol. The molecule has 2 amide bonds. The highest BCUT2D eigenvalue weighted by molar-refractivity contribution is 5.79. The van der Waals surface area contributed by atoms with Crippen molar-refractivity contribution in [3.8, 4) is 0 Å². The summed E-state index contributed by atoms with van der Waals surface area (Å²) in [5, 5.41) is 19.8. The van der Waals surface area contributed by atoms with E-state index in [2.05, 4.69) is 15.7 Å². The van der Waals surface area contributed by atoms with Gasteiger partial charge in [-0.15, -0.1) is 0 Å². The van der Waals surface area contributed by atoms with Gasteiger partial charge >= 0.3 is 6.09 Å². The van der Waals surface area contributed by atoms with E-state index in [0.29, 0.717) is 29.8 Å². The Labute approximate surface area is 169 Å². The minimum atomic E-state index is -1.00. The molecule has 3 fully saturated rings. The van der Waals surface area contributed by atoms with Gasteiger partial charge < -0.3 is 15.7 Å². The quantitative estimate of drug-likeness (QED) is 0.665. The Kier molecular flexibility index (Phi) is 4.64. The molecule has 3 N–H and O–H groups in total. The zero-order chi connectivity index (χ0) is 20.0. The summed E-state index contributed by atoms with van der Waals surface area (Å²) in [4.78, 5) is 28.3. The zero-order valence-corrected chi connectivity index (χ0v) is 16.4. The van der Waals surface area contributed by atoms with Crippen LogP contribution in [0.5, 0.6) is 0 Å². The normalized spacial score (nSPS) is 23.2. The Morgan fingerprint density at radius 3 is 2.66 bits per heavy atom. The molecule has 2 saturated carbocycles. The zero-order valence-electron chi connectivity index (χ0n) is 16.4. The monoisotopic (exact) mass is 397 g/mol. The van der Waals surface area contributed by atoms with Crippen molar-refractivity contribution in [3.63, 3.8) is 0 Å². The molecule has 5 rings (SSSR count). The molecule has 0 bridgehead atoms. The standard InChI is InChI=1S/C21H27N5O3/c27-20-14(2-1-9-22-20)10-15-7-8-17-23-16(11-26(17)25-15)19(24-21(28)29)18(12-3-4-12)13-5-6-13/h7-8,11-14,18-19,24H,1-6,9-10H2,(H,22,27)(H,28,29)/t14?,19-/m1/s1. The third kappa shape index (κ3) is 3.93. The summed E-state index contributed by atoms with van der Waals surface area (Å²) in [5.74, 6) is 1.58. The average Bonchev–Trinajstić information content (AvgIpc) is 3.62. The molecule has 1 saturated heterocycles. The molecule has 2 aromatic rings. The summed E-state index contributed by atoms with van der Waals surface area (Å²) in [7, 11) is 0. The number of hydrogen-bond acceptors (Lipinski definition) is 4. The molecule has 8 nitrogen and oxygen atoms in total. The van der Waals surface area contributed by atoms with Gasteiger partial charge in [0.2, 0.25) is 5.91 Å². The van der Waals surface area contributed by atoms with Crippen LogP contribution in [0, 0.1) is 23.7 Å². The maximum atomic E-state index is 12.1. The lowest BCUT2D eigenvalue weighted by Crippen LogP contribution is -2.37. The van der Waals surface area contributed by atoms with Crippen molar-refractivity contribution in [2.24, 2.45) is 23.7 Å². The smallest absolute Gasteiger partial charge is 0.405 e. The Balaban J connectivity index is 1.41. The number of hydrogen-bond donors (Lipinski definition) is 3. The number of nitrogens with one attached hydrogen (secondary N) is 2. The van der Waals surface area contributed by atoms with Crippen LogP contribution in [0.3, 0.4) is 0 Å². The molecule has 0 aromatic carbocycles. The molecule has 0 radical (unpaired) electrons. The van der Waals surface area contributed by atoms with Crippen LogP contribution in [0.2, 0.25) is 0 Å². The maximum Gasteiger partial charge on any atom is 0.405 e. The number of amides is 2. The fourth-order valence-electron chi connectivity index (χ4n) is 4.87. The number of fused-ring (bicyclic) bond motifs is 1. The van der Waals surface area contributed by atoms with Crippen molar-refractivity contribution in [1.82, 2.24) is 25.2 Å². The van der Waals surface area contributed by atoms with E-state index in [1.165, 1.54) is 25.7 Å². The minimum Gasteiger partial charge on any atom is -0.465 e. The summed E-state index contributed by atoms with van der Waals surface area (Å²) in [6.07, 6.45) is 8.06. The lowest BCUT2D eigenvalue weighted by Gasteiger charge is -2.25. The molecule has 0 spiro atoms. The molecule has 2 aliphatic carbocycles. The maximum absolute atomic E-state index is 12.1. The summed E-state index contributed by atoms with van der Waals surface area (Å²) in [6, 6.07) is 3.54. The van der Waals surface area contributed by atoms with Gasteiger partial charge in [-0.05, 0) is 68.4 Å². The molecular weight excluding hydrogens is 370 g/mol. The van der Waals surface area contributed by atoms with Crippen LogP contribution >= 0.6 is 0 Å². The summed E-state index contributed by atoms with van der Waals surface area (Å²) < 4.78 is 1.73. The fourth-order valence-corrected chi connectivity index (χ4v) is 4.87. The van der Waals surface area contributed by atoms with E-state index in [0.717, 1.165) is 30.8 Å². The molecule has 154 valence electrons. The third-order valence-electron chi connectivity index (χ3n) is 6.56. The van der Waals surface area contributed by atoms with Gasteiger partial charge in [-0.25, -0.2) is 14.3 Å². The van der Waals surface area contributed by atoms with Crippen molar-refractivity contribution in [3.05, 3.63) is 29.7 Å². The van der Waals surface area contributed by atoms with E-state index in [9.17, 15) is 14.7 Å². The predicted molar refractivity (Wildman–Crippen MR) is 105 cm³/mol. The number of imidazole rings is 1. The van der Waals surface area contributed by atoms with E-state index in [1.54, 1.807) is 4.52 Å². The van der Waals surface area contributed by atoms with Gasteiger partial charge in [0.1, 0.15) is 0 Å². The van der Waals surface area contributed by atoms with Gasteiger partial charge in [-0.1, -0.05) is 0 Å². The highest BCUT2D eigenvalue weighted by Gasteiger charge is 2.47. The van der Waals surface area contributed by atoms with E-state index in [4.69, 9.17) is 4.98 Å². The summed E-state index contributed by atoms with van der Waals surface area (Å²) >= 11 is 0. The fraction of sp³-hybridized carbons (Fsp3) is 0.619. The lowest BCUT2D eigenvalue weighted by molar-refractivity contribution is -0.126.